The van der Waals surface area contributed by atoms with E-state index in [9.17, 15) is 14.4 Å². The number of anilines is 3. The van der Waals surface area contributed by atoms with E-state index in [2.05, 4.69) is 10.6 Å². The average molecular weight is 412 g/mol. The first-order chi connectivity index (χ1) is 13.9. The molecule has 0 radical (unpaired) electrons. The number of para-hydroxylation sites is 1. The fourth-order valence-corrected chi connectivity index (χ4v) is 3.93. The molecule has 3 rings (SSSR count). The van der Waals surface area contributed by atoms with Gasteiger partial charge in [-0.05, 0) is 36.4 Å². The second kappa shape index (κ2) is 9.60. The molecule has 1 aliphatic heterocycles. The van der Waals surface area contributed by atoms with E-state index in [1.807, 2.05) is 38.1 Å². The second-order valence-corrected chi connectivity index (χ2v) is 8.27. The summed E-state index contributed by atoms with van der Waals surface area (Å²) in [5, 5.41) is 5.60. The molecule has 1 heterocycles. The van der Waals surface area contributed by atoms with Crippen LogP contribution in [-0.2, 0) is 14.4 Å². The third-order valence-corrected chi connectivity index (χ3v) is 5.60. The molecule has 0 aliphatic carbocycles. The number of carbonyl (C=O) groups is 3. The van der Waals surface area contributed by atoms with Gasteiger partial charge in [0.05, 0.1) is 5.69 Å². The largest absolute Gasteiger partial charge is 0.326 e. The van der Waals surface area contributed by atoms with Crippen LogP contribution in [0.5, 0.6) is 0 Å². The summed E-state index contributed by atoms with van der Waals surface area (Å²) in [4.78, 5) is 39.4. The average Bonchev–Trinajstić information content (AvgIpc) is 2.73. The molecule has 7 heteroatoms. The SMILES string of the molecule is CC(C)C(=O)Nc1ccc(NC(=O)CCC(=O)N2CCSc3ccccc32)cc1. The molecular weight excluding hydrogens is 386 g/mol. The van der Waals surface area contributed by atoms with Crippen LogP contribution in [0, 0.1) is 5.92 Å². The number of thioether (sulfide) groups is 1. The Hall–Kier alpha value is -2.80. The lowest BCUT2D eigenvalue weighted by Gasteiger charge is -2.29. The zero-order valence-electron chi connectivity index (χ0n) is 16.6. The third kappa shape index (κ3) is 5.60. The summed E-state index contributed by atoms with van der Waals surface area (Å²) in [6.07, 6.45) is 0.282. The maximum absolute atomic E-state index is 12.6. The molecule has 0 bridgehead atoms. The van der Waals surface area contributed by atoms with E-state index >= 15 is 0 Å². The highest BCUT2D eigenvalue weighted by molar-refractivity contribution is 7.99. The number of rotatable bonds is 6. The number of benzene rings is 2. The second-order valence-electron chi connectivity index (χ2n) is 7.13. The summed E-state index contributed by atoms with van der Waals surface area (Å²) in [6.45, 7) is 4.31. The predicted octanol–water partition coefficient (Wildman–Crippen LogP) is 4.14. The van der Waals surface area contributed by atoms with Crippen LogP contribution in [0.1, 0.15) is 26.7 Å². The van der Waals surface area contributed by atoms with Gasteiger partial charge >= 0.3 is 0 Å². The van der Waals surface area contributed by atoms with Crippen LogP contribution in [0.3, 0.4) is 0 Å². The van der Waals surface area contributed by atoms with Crippen LogP contribution in [0.2, 0.25) is 0 Å². The van der Waals surface area contributed by atoms with Gasteiger partial charge in [-0.15, -0.1) is 11.8 Å². The smallest absolute Gasteiger partial charge is 0.227 e. The van der Waals surface area contributed by atoms with Crippen LogP contribution in [-0.4, -0.2) is 30.0 Å². The molecule has 0 spiro atoms. The number of nitrogens with zero attached hydrogens (tertiary/aromatic N) is 1. The van der Waals surface area contributed by atoms with Crippen LogP contribution >= 0.6 is 11.8 Å². The Labute approximate surface area is 175 Å². The van der Waals surface area contributed by atoms with Gasteiger partial charge in [-0.3, -0.25) is 14.4 Å². The van der Waals surface area contributed by atoms with Gasteiger partial charge in [-0.1, -0.05) is 26.0 Å². The molecule has 0 aromatic heterocycles. The first kappa shape index (κ1) is 20.9. The number of carbonyl (C=O) groups excluding carboxylic acids is 3. The fraction of sp³-hybridized carbons (Fsp3) is 0.318. The molecule has 2 N–H and O–H groups in total. The minimum Gasteiger partial charge on any atom is -0.326 e. The standard InChI is InChI=1S/C22H25N3O3S/c1-15(2)22(28)24-17-9-7-16(8-10-17)23-20(26)11-12-21(27)25-13-14-29-19-6-4-3-5-18(19)25/h3-10,15H,11-14H2,1-2H3,(H,23,26)(H,24,28). The monoisotopic (exact) mass is 411 g/mol. The van der Waals surface area contributed by atoms with Crippen molar-refractivity contribution in [2.75, 3.05) is 27.8 Å². The van der Waals surface area contributed by atoms with E-state index < -0.39 is 0 Å². The van der Waals surface area contributed by atoms with Crippen molar-refractivity contribution in [2.24, 2.45) is 5.92 Å². The van der Waals surface area contributed by atoms with Crippen molar-refractivity contribution >= 4 is 46.5 Å². The maximum Gasteiger partial charge on any atom is 0.227 e. The lowest BCUT2D eigenvalue weighted by atomic mass is 10.2. The zero-order valence-corrected chi connectivity index (χ0v) is 17.4. The van der Waals surface area contributed by atoms with Gasteiger partial charge in [0.2, 0.25) is 17.7 Å². The molecule has 0 fully saturated rings. The highest BCUT2D eigenvalue weighted by Gasteiger charge is 2.22. The molecule has 0 unspecified atom stereocenters. The van der Waals surface area contributed by atoms with Crippen molar-refractivity contribution in [3.8, 4) is 0 Å². The first-order valence-corrected chi connectivity index (χ1v) is 10.7. The highest BCUT2D eigenvalue weighted by Crippen LogP contribution is 2.34. The van der Waals surface area contributed by atoms with Gasteiger partial charge in [0.1, 0.15) is 0 Å². The van der Waals surface area contributed by atoms with Gasteiger partial charge < -0.3 is 15.5 Å². The number of nitrogens with one attached hydrogen (secondary N) is 2. The van der Waals surface area contributed by atoms with Crippen molar-refractivity contribution in [3.63, 3.8) is 0 Å². The maximum atomic E-state index is 12.6. The Morgan fingerprint density at radius 2 is 1.62 bits per heavy atom. The lowest BCUT2D eigenvalue weighted by Crippen LogP contribution is -2.35. The van der Waals surface area contributed by atoms with E-state index in [1.165, 1.54) is 0 Å². The molecule has 6 nitrogen and oxygen atoms in total. The van der Waals surface area contributed by atoms with Gasteiger partial charge in [0, 0.05) is 47.3 Å². The molecule has 1 aliphatic rings. The first-order valence-electron chi connectivity index (χ1n) is 9.67. The number of hydrogen-bond donors (Lipinski definition) is 2. The normalized spacial score (nSPS) is 13.0. The van der Waals surface area contributed by atoms with Gasteiger partial charge in [0.15, 0.2) is 0 Å². The van der Waals surface area contributed by atoms with Gasteiger partial charge in [0.25, 0.3) is 0 Å². The van der Waals surface area contributed by atoms with Crippen LogP contribution < -0.4 is 15.5 Å². The quantitative estimate of drug-likeness (QED) is 0.749. The Bertz CT molecular complexity index is 896. The van der Waals surface area contributed by atoms with Crippen LogP contribution in [0.15, 0.2) is 53.4 Å². The fourth-order valence-electron chi connectivity index (χ4n) is 2.93. The number of hydrogen-bond acceptors (Lipinski definition) is 4. The third-order valence-electron chi connectivity index (χ3n) is 4.56. The van der Waals surface area contributed by atoms with Crippen molar-refractivity contribution in [1.29, 1.82) is 0 Å². The molecule has 0 saturated heterocycles. The van der Waals surface area contributed by atoms with Crippen molar-refractivity contribution < 1.29 is 14.4 Å². The van der Waals surface area contributed by atoms with Crippen molar-refractivity contribution in [3.05, 3.63) is 48.5 Å². The van der Waals surface area contributed by atoms with Crippen LogP contribution in [0.4, 0.5) is 17.1 Å². The number of amides is 3. The Morgan fingerprint density at radius 1 is 0.966 bits per heavy atom. The molecular formula is C22H25N3O3S. The summed E-state index contributed by atoms with van der Waals surface area (Å²) in [6, 6.07) is 14.8. The molecule has 3 amide bonds. The molecule has 0 atom stereocenters. The molecule has 29 heavy (non-hydrogen) atoms. The van der Waals surface area contributed by atoms with E-state index in [0.29, 0.717) is 17.9 Å². The topological polar surface area (TPSA) is 78.5 Å². The lowest BCUT2D eigenvalue weighted by molar-refractivity contribution is -0.122. The molecule has 2 aromatic rings. The Kier molecular flexibility index (Phi) is 6.93. The summed E-state index contributed by atoms with van der Waals surface area (Å²) >= 11 is 1.74. The summed E-state index contributed by atoms with van der Waals surface area (Å²) in [5.41, 5.74) is 2.23. The van der Waals surface area contributed by atoms with Gasteiger partial charge in [-0.2, -0.15) is 0 Å². The summed E-state index contributed by atoms with van der Waals surface area (Å²) < 4.78 is 0. The van der Waals surface area contributed by atoms with E-state index in [-0.39, 0.29) is 36.5 Å². The predicted molar refractivity (Wildman–Crippen MR) is 117 cm³/mol. The van der Waals surface area contributed by atoms with Gasteiger partial charge in [-0.25, -0.2) is 0 Å². The zero-order chi connectivity index (χ0) is 20.8. The van der Waals surface area contributed by atoms with E-state index in [0.717, 1.165) is 16.3 Å². The Morgan fingerprint density at radius 3 is 2.31 bits per heavy atom. The molecule has 0 saturated carbocycles. The Balaban J connectivity index is 1.50. The minimum absolute atomic E-state index is 0.0420. The van der Waals surface area contributed by atoms with Crippen molar-refractivity contribution in [1.82, 2.24) is 0 Å². The summed E-state index contributed by atoms with van der Waals surface area (Å²) in [5.74, 6) is 0.446. The summed E-state index contributed by atoms with van der Waals surface area (Å²) in [7, 11) is 0. The highest BCUT2D eigenvalue weighted by atomic mass is 32.2. The molecule has 2 aromatic carbocycles. The van der Waals surface area contributed by atoms with E-state index in [4.69, 9.17) is 0 Å². The number of fused-ring (bicyclic) bond motifs is 1. The van der Waals surface area contributed by atoms with E-state index in [1.54, 1.807) is 40.9 Å². The van der Waals surface area contributed by atoms with Crippen molar-refractivity contribution in [2.45, 2.75) is 31.6 Å². The minimum atomic E-state index is -0.211. The van der Waals surface area contributed by atoms with Crippen LogP contribution in [0.25, 0.3) is 0 Å². The molecule has 152 valence electrons.